The topological polar surface area (TPSA) is 9.23 Å². The molecule has 0 aliphatic carbocycles. The lowest BCUT2D eigenvalue weighted by Crippen LogP contribution is -2.03. The number of hydrogen-bond donors (Lipinski definition) is 0. The molecule has 58 valence electrons. The Labute approximate surface area is 63.1 Å². The Morgan fingerprint density at radius 3 is 3.00 bits per heavy atom. The van der Waals surface area contributed by atoms with Crippen LogP contribution in [0.2, 0.25) is 0 Å². The fourth-order valence-corrected chi connectivity index (χ4v) is 1.26. The highest BCUT2D eigenvalue weighted by molar-refractivity contribution is 5.11. The first-order valence-electron chi connectivity index (χ1n) is 4.15. The number of hydrogen-bond acceptors (Lipinski definition) is 1. The molecule has 1 unspecified atom stereocenters. The van der Waals surface area contributed by atoms with E-state index in [0.717, 1.165) is 6.61 Å². The lowest BCUT2D eigenvalue weighted by Gasteiger charge is -2.06. The Morgan fingerprint density at radius 2 is 2.50 bits per heavy atom. The highest BCUT2D eigenvalue weighted by Gasteiger charge is 2.12. The van der Waals surface area contributed by atoms with Crippen LogP contribution < -0.4 is 0 Å². The number of rotatable bonds is 3. The highest BCUT2D eigenvalue weighted by atomic mass is 16.5. The van der Waals surface area contributed by atoms with Gasteiger partial charge in [-0.15, -0.1) is 0 Å². The van der Waals surface area contributed by atoms with Crippen molar-refractivity contribution in [2.24, 2.45) is 0 Å². The fraction of sp³-hybridized carbons (Fsp3) is 0.778. The van der Waals surface area contributed by atoms with Crippen molar-refractivity contribution in [2.45, 2.75) is 39.2 Å². The zero-order valence-corrected chi connectivity index (χ0v) is 6.89. The largest absolute Gasteiger partial charge is 0.370 e. The van der Waals surface area contributed by atoms with E-state index >= 15 is 0 Å². The Balaban J connectivity index is 2.26. The normalized spacial score (nSPS) is 25.0. The molecule has 1 heteroatoms. The second-order valence-corrected chi connectivity index (χ2v) is 2.86. The Morgan fingerprint density at radius 1 is 1.70 bits per heavy atom. The van der Waals surface area contributed by atoms with Crippen molar-refractivity contribution < 1.29 is 4.74 Å². The smallest absolute Gasteiger partial charge is 0.0761 e. The van der Waals surface area contributed by atoms with E-state index in [9.17, 15) is 0 Å². The molecule has 0 saturated heterocycles. The Kier molecular flexibility index (Phi) is 2.94. The standard InChI is InChI=1S/C9H16O/c1-3-4-5-9-6-7-10-8(9)2/h6,8H,3-5,7H2,1-2H3. The summed E-state index contributed by atoms with van der Waals surface area (Å²) in [4.78, 5) is 0. The Hall–Kier alpha value is -0.300. The van der Waals surface area contributed by atoms with Crippen LogP contribution in [-0.4, -0.2) is 12.7 Å². The first-order chi connectivity index (χ1) is 4.84. The van der Waals surface area contributed by atoms with Gasteiger partial charge in [-0.05, 0) is 25.3 Å². The van der Waals surface area contributed by atoms with E-state index in [1.165, 1.54) is 24.8 Å². The molecular weight excluding hydrogens is 124 g/mol. The zero-order chi connectivity index (χ0) is 7.40. The third-order valence-electron chi connectivity index (χ3n) is 2.03. The molecule has 0 fully saturated rings. The molecule has 1 nitrogen and oxygen atoms in total. The lowest BCUT2D eigenvalue weighted by atomic mass is 10.1. The lowest BCUT2D eigenvalue weighted by molar-refractivity contribution is 0.134. The summed E-state index contributed by atoms with van der Waals surface area (Å²) in [5.41, 5.74) is 1.50. The highest BCUT2D eigenvalue weighted by Crippen LogP contribution is 2.19. The minimum atomic E-state index is 0.395. The van der Waals surface area contributed by atoms with E-state index in [4.69, 9.17) is 4.74 Å². The molecular formula is C9H16O. The average Bonchev–Trinajstić information content (AvgIpc) is 2.31. The van der Waals surface area contributed by atoms with Crippen LogP contribution in [0.25, 0.3) is 0 Å². The van der Waals surface area contributed by atoms with Crippen molar-refractivity contribution in [1.82, 2.24) is 0 Å². The molecule has 0 N–H and O–H groups in total. The van der Waals surface area contributed by atoms with Crippen molar-refractivity contribution in [2.75, 3.05) is 6.61 Å². The second kappa shape index (κ2) is 3.77. The van der Waals surface area contributed by atoms with Crippen LogP contribution in [-0.2, 0) is 4.74 Å². The monoisotopic (exact) mass is 140 g/mol. The van der Waals surface area contributed by atoms with Gasteiger partial charge in [0.1, 0.15) is 0 Å². The molecule has 10 heavy (non-hydrogen) atoms. The van der Waals surface area contributed by atoms with E-state index in [1.54, 1.807) is 0 Å². The molecule has 1 aliphatic rings. The third-order valence-corrected chi connectivity index (χ3v) is 2.03. The van der Waals surface area contributed by atoms with Gasteiger partial charge in [0.15, 0.2) is 0 Å². The van der Waals surface area contributed by atoms with Gasteiger partial charge in [-0.25, -0.2) is 0 Å². The second-order valence-electron chi connectivity index (χ2n) is 2.86. The van der Waals surface area contributed by atoms with Gasteiger partial charge < -0.3 is 4.74 Å². The van der Waals surface area contributed by atoms with E-state index in [-0.39, 0.29) is 0 Å². The van der Waals surface area contributed by atoms with Gasteiger partial charge in [0.25, 0.3) is 0 Å². The minimum absolute atomic E-state index is 0.395. The van der Waals surface area contributed by atoms with E-state index in [0.29, 0.717) is 6.10 Å². The quantitative estimate of drug-likeness (QED) is 0.547. The number of ether oxygens (including phenoxy) is 1. The molecule has 0 bridgehead atoms. The van der Waals surface area contributed by atoms with Crippen LogP contribution in [0.5, 0.6) is 0 Å². The molecule has 1 rings (SSSR count). The van der Waals surface area contributed by atoms with Gasteiger partial charge in [0, 0.05) is 0 Å². The molecule has 1 atom stereocenters. The van der Waals surface area contributed by atoms with Gasteiger partial charge in [-0.1, -0.05) is 19.4 Å². The molecule has 0 aromatic heterocycles. The van der Waals surface area contributed by atoms with Crippen LogP contribution in [0.3, 0.4) is 0 Å². The van der Waals surface area contributed by atoms with Crippen LogP contribution in [0, 0.1) is 0 Å². The Bertz CT molecular complexity index is 127. The maximum atomic E-state index is 5.37. The van der Waals surface area contributed by atoms with Gasteiger partial charge in [0.05, 0.1) is 12.7 Å². The van der Waals surface area contributed by atoms with Crippen molar-refractivity contribution in [1.29, 1.82) is 0 Å². The molecule has 0 radical (unpaired) electrons. The molecule has 0 aromatic carbocycles. The summed E-state index contributed by atoms with van der Waals surface area (Å²) in [6, 6.07) is 0. The third kappa shape index (κ3) is 1.84. The predicted octanol–water partition coefficient (Wildman–Crippen LogP) is 2.52. The summed E-state index contributed by atoms with van der Waals surface area (Å²) in [5.74, 6) is 0. The SMILES string of the molecule is CCCCC1=CCOC1C. The molecule has 1 aliphatic heterocycles. The van der Waals surface area contributed by atoms with Crippen molar-refractivity contribution in [3.05, 3.63) is 11.6 Å². The summed E-state index contributed by atoms with van der Waals surface area (Å²) < 4.78 is 5.37. The van der Waals surface area contributed by atoms with E-state index in [1.807, 2.05) is 0 Å². The maximum absolute atomic E-state index is 5.37. The molecule has 0 saturated carbocycles. The predicted molar refractivity (Wildman–Crippen MR) is 43.0 cm³/mol. The zero-order valence-electron chi connectivity index (χ0n) is 6.89. The first kappa shape index (κ1) is 7.80. The first-order valence-corrected chi connectivity index (χ1v) is 4.15. The summed E-state index contributed by atoms with van der Waals surface area (Å²) in [7, 11) is 0. The molecule has 1 heterocycles. The maximum Gasteiger partial charge on any atom is 0.0761 e. The van der Waals surface area contributed by atoms with Gasteiger partial charge in [-0.3, -0.25) is 0 Å². The summed E-state index contributed by atoms with van der Waals surface area (Å²) in [6.07, 6.45) is 6.44. The van der Waals surface area contributed by atoms with Crippen molar-refractivity contribution in [3.63, 3.8) is 0 Å². The molecule has 0 aromatic rings. The van der Waals surface area contributed by atoms with Gasteiger partial charge >= 0.3 is 0 Å². The van der Waals surface area contributed by atoms with Gasteiger partial charge in [-0.2, -0.15) is 0 Å². The molecule has 0 amide bonds. The van der Waals surface area contributed by atoms with Crippen molar-refractivity contribution in [3.8, 4) is 0 Å². The number of unbranched alkanes of at least 4 members (excludes halogenated alkanes) is 1. The van der Waals surface area contributed by atoms with Crippen LogP contribution in [0.1, 0.15) is 33.1 Å². The summed E-state index contributed by atoms with van der Waals surface area (Å²) >= 11 is 0. The summed E-state index contributed by atoms with van der Waals surface area (Å²) in [5, 5.41) is 0. The van der Waals surface area contributed by atoms with Crippen LogP contribution in [0.15, 0.2) is 11.6 Å². The van der Waals surface area contributed by atoms with Gasteiger partial charge in [0.2, 0.25) is 0 Å². The van der Waals surface area contributed by atoms with Crippen LogP contribution in [0.4, 0.5) is 0 Å². The minimum Gasteiger partial charge on any atom is -0.370 e. The average molecular weight is 140 g/mol. The van der Waals surface area contributed by atoms with Crippen molar-refractivity contribution >= 4 is 0 Å². The van der Waals surface area contributed by atoms with E-state index in [2.05, 4.69) is 19.9 Å². The van der Waals surface area contributed by atoms with E-state index < -0.39 is 0 Å². The molecule has 0 spiro atoms. The van der Waals surface area contributed by atoms with Crippen LogP contribution >= 0.6 is 0 Å². The summed E-state index contributed by atoms with van der Waals surface area (Å²) in [6.45, 7) is 5.19. The fourth-order valence-electron chi connectivity index (χ4n) is 1.26.